The van der Waals surface area contributed by atoms with Crippen LogP contribution in [0.4, 0.5) is 5.69 Å². The Morgan fingerprint density at radius 2 is 1.79 bits per heavy atom. The van der Waals surface area contributed by atoms with Gasteiger partial charge in [-0.1, -0.05) is 0 Å². The van der Waals surface area contributed by atoms with Gasteiger partial charge in [0.05, 0.1) is 0 Å². The maximum Gasteiger partial charge on any atom is 0.239 e. The van der Waals surface area contributed by atoms with Crippen molar-refractivity contribution in [3.05, 3.63) is 48.3 Å². The second-order valence-electron chi connectivity index (χ2n) is 7.27. The second kappa shape index (κ2) is 8.29. The van der Waals surface area contributed by atoms with Crippen LogP contribution in [0.5, 0.6) is 11.5 Å². The summed E-state index contributed by atoms with van der Waals surface area (Å²) in [6.07, 6.45) is 4.15. The zero-order valence-electron chi connectivity index (χ0n) is 16.4. The zero-order valence-corrected chi connectivity index (χ0v) is 16.4. The van der Waals surface area contributed by atoms with Crippen LogP contribution in [-0.4, -0.2) is 48.5 Å². The highest BCUT2D eigenvalue weighted by molar-refractivity contribution is 6.09. The highest BCUT2D eigenvalue weighted by Gasteiger charge is 2.38. The first-order chi connectivity index (χ1) is 13.4. The van der Waals surface area contributed by atoms with Crippen molar-refractivity contribution in [3.8, 4) is 11.5 Å². The van der Waals surface area contributed by atoms with E-state index in [1.165, 1.54) is 0 Å². The smallest absolute Gasteiger partial charge is 0.239 e. The molecule has 1 aromatic heterocycles. The molecule has 1 aromatic carbocycles. The van der Waals surface area contributed by atoms with Crippen LogP contribution in [0.15, 0.2) is 42.7 Å². The van der Waals surface area contributed by atoms with E-state index in [2.05, 4.69) is 10.3 Å². The Morgan fingerprint density at radius 1 is 1.11 bits per heavy atom. The molecule has 7 heteroatoms. The van der Waals surface area contributed by atoms with Crippen LogP contribution < -0.4 is 14.8 Å². The number of hydrogen-bond acceptors (Lipinski definition) is 5. The van der Waals surface area contributed by atoms with E-state index >= 15 is 0 Å². The number of carbonyl (C=O) groups excluding carboxylic acids is 2. The Balaban J connectivity index is 1.62. The minimum atomic E-state index is -1.21. The summed E-state index contributed by atoms with van der Waals surface area (Å²) in [6, 6.07) is 9.02. The number of aromatic nitrogens is 1. The van der Waals surface area contributed by atoms with Crippen molar-refractivity contribution in [2.45, 2.75) is 20.3 Å². The van der Waals surface area contributed by atoms with E-state index in [0.29, 0.717) is 43.4 Å². The molecule has 2 amide bonds. The average Bonchev–Trinajstić information content (AvgIpc) is 2.72. The highest BCUT2D eigenvalue weighted by Crippen LogP contribution is 2.33. The van der Waals surface area contributed by atoms with E-state index in [9.17, 15) is 9.59 Å². The molecule has 0 bridgehead atoms. The summed E-state index contributed by atoms with van der Waals surface area (Å²) in [5.41, 5.74) is 0.447. The predicted octanol–water partition coefficient (Wildman–Crippen LogP) is 2.52. The van der Waals surface area contributed by atoms with Gasteiger partial charge in [-0.25, -0.2) is 0 Å². The van der Waals surface area contributed by atoms with Gasteiger partial charge in [0.1, 0.15) is 18.6 Å². The SMILES string of the molecule is CN(CCc1ccncc1)C(=O)C(C)(C)C(=O)Nc1ccc2c(c1)OCCO2. The van der Waals surface area contributed by atoms with Gasteiger partial charge in [-0.05, 0) is 50.1 Å². The molecule has 0 fully saturated rings. The Kier molecular flexibility index (Phi) is 5.82. The van der Waals surface area contributed by atoms with Crippen molar-refractivity contribution in [1.29, 1.82) is 0 Å². The Hall–Kier alpha value is -3.09. The molecule has 7 nitrogen and oxygen atoms in total. The number of pyridine rings is 1. The third kappa shape index (κ3) is 4.42. The fraction of sp³-hybridized carbons (Fsp3) is 0.381. The number of benzene rings is 1. The lowest BCUT2D eigenvalue weighted by atomic mass is 9.90. The molecular formula is C21H25N3O4. The number of nitrogens with one attached hydrogen (secondary N) is 1. The molecule has 1 N–H and O–H groups in total. The molecule has 2 heterocycles. The Labute approximate surface area is 164 Å². The summed E-state index contributed by atoms with van der Waals surface area (Å²) in [5, 5.41) is 2.81. The van der Waals surface area contributed by atoms with Crippen LogP contribution in [-0.2, 0) is 16.0 Å². The van der Waals surface area contributed by atoms with E-state index in [4.69, 9.17) is 9.47 Å². The monoisotopic (exact) mass is 383 g/mol. The van der Waals surface area contributed by atoms with Crippen LogP contribution in [0.25, 0.3) is 0 Å². The second-order valence-corrected chi connectivity index (χ2v) is 7.27. The molecule has 148 valence electrons. The van der Waals surface area contributed by atoms with E-state index < -0.39 is 5.41 Å². The molecule has 1 aliphatic heterocycles. The summed E-state index contributed by atoms with van der Waals surface area (Å²) in [7, 11) is 1.71. The fourth-order valence-corrected chi connectivity index (χ4v) is 2.93. The topological polar surface area (TPSA) is 80.8 Å². The third-order valence-electron chi connectivity index (χ3n) is 4.73. The number of hydrogen-bond donors (Lipinski definition) is 1. The molecule has 3 rings (SSSR count). The van der Waals surface area contributed by atoms with Gasteiger partial charge in [0.25, 0.3) is 0 Å². The first-order valence-electron chi connectivity index (χ1n) is 9.23. The zero-order chi connectivity index (χ0) is 20.1. The summed E-state index contributed by atoms with van der Waals surface area (Å²) in [6.45, 7) is 4.75. The van der Waals surface area contributed by atoms with Crippen LogP contribution in [0.2, 0.25) is 0 Å². The molecule has 0 saturated heterocycles. The van der Waals surface area contributed by atoms with Gasteiger partial charge in [-0.3, -0.25) is 14.6 Å². The summed E-state index contributed by atoms with van der Waals surface area (Å²) < 4.78 is 11.0. The largest absolute Gasteiger partial charge is 0.486 e. The van der Waals surface area contributed by atoms with Crippen molar-refractivity contribution < 1.29 is 19.1 Å². The molecule has 0 atom stereocenters. The number of nitrogens with zero attached hydrogens (tertiary/aromatic N) is 2. The average molecular weight is 383 g/mol. The molecule has 2 aromatic rings. The lowest BCUT2D eigenvalue weighted by Gasteiger charge is -2.28. The molecular weight excluding hydrogens is 358 g/mol. The number of likely N-dealkylation sites (N-methyl/N-ethyl adjacent to an activating group) is 1. The number of carbonyl (C=O) groups is 2. The van der Waals surface area contributed by atoms with Crippen LogP contribution >= 0.6 is 0 Å². The first-order valence-corrected chi connectivity index (χ1v) is 9.23. The van der Waals surface area contributed by atoms with Crippen molar-refractivity contribution in [2.75, 3.05) is 32.1 Å². The molecule has 1 aliphatic rings. The van der Waals surface area contributed by atoms with Crippen molar-refractivity contribution in [3.63, 3.8) is 0 Å². The lowest BCUT2D eigenvalue weighted by Crippen LogP contribution is -2.46. The maximum absolute atomic E-state index is 12.9. The fourth-order valence-electron chi connectivity index (χ4n) is 2.93. The van der Waals surface area contributed by atoms with Gasteiger partial charge in [0, 0.05) is 37.7 Å². The Bertz CT molecular complexity index is 852. The molecule has 0 radical (unpaired) electrons. The van der Waals surface area contributed by atoms with E-state index in [0.717, 1.165) is 5.56 Å². The summed E-state index contributed by atoms with van der Waals surface area (Å²) in [5.74, 6) is 0.625. The summed E-state index contributed by atoms with van der Waals surface area (Å²) in [4.78, 5) is 31.2. The number of fused-ring (bicyclic) bond motifs is 1. The highest BCUT2D eigenvalue weighted by atomic mass is 16.6. The van der Waals surface area contributed by atoms with Crippen molar-refractivity contribution in [2.24, 2.45) is 5.41 Å². The lowest BCUT2D eigenvalue weighted by molar-refractivity contribution is -0.145. The number of anilines is 1. The molecule has 0 unspecified atom stereocenters. The number of amides is 2. The minimum Gasteiger partial charge on any atom is -0.486 e. The van der Waals surface area contributed by atoms with Crippen molar-refractivity contribution in [1.82, 2.24) is 9.88 Å². The van der Waals surface area contributed by atoms with E-state index in [1.54, 1.807) is 56.4 Å². The van der Waals surface area contributed by atoms with Crippen LogP contribution in [0.1, 0.15) is 19.4 Å². The molecule has 0 aliphatic carbocycles. The van der Waals surface area contributed by atoms with Gasteiger partial charge < -0.3 is 19.7 Å². The minimum absolute atomic E-state index is 0.239. The third-order valence-corrected chi connectivity index (χ3v) is 4.73. The van der Waals surface area contributed by atoms with E-state index in [1.807, 2.05) is 12.1 Å². The van der Waals surface area contributed by atoms with Gasteiger partial charge in [0.15, 0.2) is 11.5 Å². The first kappa shape index (κ1) is 19.7. The number of ether oxygens (including phenoxy) is 2. The molecule has 0 saturated carbocycles. The van der Waals surface area contributed by atoms with Gasteiger partial charge in [-0.2, -0.15) is 0 Å². The standard InChI is InChI=1S/C21H25N3O4/c1-21(2,20(26)24(3)11-8-15-6-9-22-10-7-15)19(25)23-16-4-5-17-18(14-16)28-13-12-27-17/h4-7,9-10,14H,8,11-13H2,1-3H3,(H,23,25). The van der Waals surface area contributed by atoms with Crippen LogP contribution in [0.3, 0.4) is 0 Å². The van der Waals surface area contributed by atoms with Crippen LogP contribution in [0, 0.1) is 5.41 Å². The Morgan fingerprint density at radius 3 is 2.50 bits per heavy atom. The normalized spacial score (nSPS) is 13.0. The number of rotatable bonds is 6. The molecule has 28 heavy (non-hydrogen) atoms. The predicted molar refractivity (Wildman–Crippen MR) is 105 cm³/mol. The molecule has 0 spiro atoms. The van der Waals surface area contributed by atoms with Gasteiger partial charge >= 0.3 is 0 Å². The van der Waals surface area contributed by atoms with Gasteiger partial charge in [-0.15, -0.1) is 0 Å². The van der Waals surface area contributed by atoms with E-state index in [-0.39, 0.29) is 11.8 Å². The van der Waals surface area contributed by atoms with Crippen molar-refractivity contribution >= 4 is 17.5 Å². The maximum atomic E-state index is 12.9. The summed E-state index contributed by atoms with van der Waals surface area (Å²) >= 11 is 0. The quantitative estimate of drug-likeness (QED) is 0.776. The van der Waals surface area contributed by atoms with Gasteiger partial charge in [0.2, 0.25) is 11.8 Å².